The minimum Gasteiger partial charge on any atom is -0.475 e. The molecule has 0 radical (unpaired) electrons. The van der Waals surface area contributed by atoms with Crippen LogP contribution in [0.25, 0.3) is 0 Å². The quantitative estimate of drug-likeness (QED) is 0.488. The highest BCUT2D eigenvalue weighted by atomic mass is 35.5. The molecule has 0 saturated heterocycles. The van der Waals surface area contributed by atoms with Crippen LogP contribution in [0.2, 0.25) is 5.02 Å². The Morgan fingerprint density at radius 3 is 2.96 bits per heavy atom. The number of aromatic nitrogens is 4. The smallest absolute Gasteiger partial charge is 0.362 e. The van der Waals surface area contributed by atoms with Gasteiger partial charge in [-0.1, -0.05) is 17.7 Å². The van der Waals surface area contributed by atoms with Gasteiger partial charge in [0.25, 0.3) is 5.91 Å². The Morgan fingerprint density at radius 1 is 1.52 bits per heavy atom. The lowest BCUT2D eigenvalue weighted by atomic mass is 10.2. The van der Waals surface area contributed by atoms with Crippen molar-refractivity contribution in [2.45, 2.75) is 6.54 Å². The topological polar surface area (TPSA) is 128 Å². The molecule has 0 spiro atoms. The number of benzene rings is 1. The van der Waals surface area contributed by atoms with Crippen LogP contribution in [0, 0.1) is 15.9 Å². The van der Waals surface area contributed by atoms with E-state index < -0.39 is 22.3 Å². The maximum absolute atomic E-state index is 13.1. The molecule has 2 N–H and O–H groups in total. The number of carbonyl (C=O) groups is 1. The van der Waals surface area contributed by atoms with Gasteiger partial charge in [0, 0.05) is 11.2 Å². The van der Waals surface area contributed by atoms with Crippen LogP contribution >= 0.6 is 11.6 Å². The van der Waals surface area contributed by atoms with Crippen molar-refractivity contribution in [1.29, 1.82) is 0 Å². The van der Waals surface area contributed by atoms with Gasteiger partial charge >= 0.3 is 11.6 Å². The van der Waals surface area contributed by atoms with Crippen molar-refractivity contribution >= 4 is 28.9 Å². The van der Waals surface area contributed by atoms with Crippen molar-refractivity contribution in [2.75, 3.05) is 12.4 Å². The highest BCUT2D eigenvalue weighted by molar-refractivity contribution is 6.31. The zero-order valence-corrected chi connectivity index (χ0v) is 14.5. The van der Waals surface area contributed by atoms with Gasteiger partial charge in [-0.15, -0.1) is 5.10 Å². The van der Waals surface area contributed by atoms with Gasteiger partial charge < -0.3 is 10.1 Å². The number of nitrogens with one attached hydrogen (secondary N) is 2. The summed E-state index contributed by atoms with van der Waals surface area (Å²) in [5.41, 5.74) is 0.000694. The summed E-state index contributed by atoms with van der Waals surface area (Å²) in [6.45, 7) is 0.243. The number of H-pyrrole nitrogens is 1. The van der Waals surface area contributed by atoms with E-state index in [1.54, 1.807) is 0 Å². The number of carbonyl (C=O) groups excluding carboxylic acids is 1. The summed E-state index contributed by atoms with van der Waals surface area (Å²) in [5, 5.41) is 23.8. The maximum Gasteiger partial charge on any atom is 0.362 e. The minimum atomic E-state index is -0.781. The summed E-state index contributed by atoms with van der Waals surface area (Å²) >= 11 is 5.98. The van der Waals surface area contributed by atoms with Crippen LogP contribution < -0.4 is 10.1 Å². The average molecular weight is 395 g/mol. The lowest BCUT2D eigenvalue weighted by molar-refractivity contribution is -0.386. The Labute approximate surface area is 156 Å². The molecule has 10 nitrogen and oxygen atoms in total. The molecule has 1 amide bonds. The van der Waals surface area contributed by atoms with Crippen molar-refractivity contribution in [1.82, 2.24) is 20.0 Å². The van der Waals surface area contributed by atoms with Crippen molar-refractivity contribution in [3.05, 3.63) is 62.8 Å². The molecule has 0 aliphatic heterocycles. The first-order chi connectivity index (χ1) is 12.9. The predicted molar refractivity (Wildman–Crippen MR) is 92.5 cm³/mol. The van der Waals surface area contributed by atoms with E-state index in [9.17, 15) is 19.3 Å². The highest BCUT2D eigenvalue weighted by Gasteiger charge is 2.30. The molecule has 12 heteroatoms. The number of nitro groups is 1. The summed E-state index contributed by atoms with van der Waals surface area (Å²) in [5.74, 6) is -1.53. The first-order valence-electron chi connectivity index (χ1n) is 7.43. The summed E-state index contributed by atoms with van der Waals surface area (Å²) in [6, 6.07) is 3.99. The number of halogens is 2. The molecule has 140 valence electrons. The molecular formula is C15H12ClFN6O4. The van der Waals surface area contributed by atoms with Crippen molar-refractivity contribution in [3.63, 3.8) is 0 Å². The fourth-order valence-corrected chi connectivity index (χ4v) is 2.55. The zero-order chi connectivity index (χ0) is 19.6. The van der Waals surface area contributed by atoms with Gasteiger partial charge in [0.15, 0.2) is 0 Å². The molecule has 2 aromatic heterocycles. The molecule has 2 heterocycles. The molecule has 0 unspecified atom stereocenters. The van der Waals surface area contributed by atoms with E-state index >= 15 is 0 Å². The molecule has 0 aliphatic rings. The maximum atomic E-state index is 13.1. The van der Waals surface area contributed by atoms with Crippen LogP contribution in [0.4, 0.5) is 15.8 Å². The van der Waals surface area contributed by atoms with Gasteiger partial charge in [0.1, 0.15) is 5.82 Å². The third-order valence-electron chi connectivity index (χ3n) is 3.55. The molecule has 1 aromatic carbocycles. The number of nitrogens with zero attached hydrogens (tertiary/aromatic N) is 4. The standard InChI is InChI=1S/C15H12ClFN6O4/c1-27-15-13(23(25)26)12(20-21-15)14(24)19-10-5-18-22(7-10)6-8-2-3-9(17)4-11(8)16/h2-5,7H,6H2,1H3,(H,19,24)(H,20,21). The number of aromatic amines is 1. The summed E-state index contributed by atoms with van der Waals surface area (Å²) in [7, 11) is 1.20. The zero-order valence-electron chi connectivity index (χ0n) is 13.8. The number of hydrogen-bond donors (Lipinski definition) is 2. The first-order valence-corrected chi connectivity index (χ1v) is 7.81. The molecule has 27 heavy (non-hydrogen) atoms. The van der Waals surface area contributed by atoms with Crippen LogP contribution in [0.5, 0.6) is 5.88 Å². The van der Waals surface area contributed by atoms with E-state index in [0.29, 0.717) is 11.3 Å². The van der Waals surface area contributed by atoms with Crippen LogP contribution in [-0.4, -0.2) is 37.9 Å². The van der Waals surface area contributed by atoms with E-state index in [2.05, 4.69) is 20.6 Å². The molecule has 0 bridgehead atoms. The molecular weight excluding hydrogens is 383 g/mol. The largest absolute Gasteiger partial charge is 0.475 e. The second kappa shape index (κ2) is 7.41. The number of methoxy groups -OCH3 is 1. The number of amides is 1. The molecule has 3 aromatic rings. The molecule has 0 aliphatic carbocycles. The van der Waals surface area contributed by atoms with E-state index in [0.717, 1.165) is 0 Å². The first kappa shape index (κ1) is 18.3. The third kappa shape index (κ3) is 3.87. The fraction of sp³-hybridized carbons (Fsp3) is 0.133. The Balaban J connectivity index is 1.75. The second-order valence-corrected chi connectivity index (χ2v) is 5.74. The highest BCUT2D eigenvalue weighted by Crippen LogP contribution is 2.28. The Morgan fingerprint density at radius 2 is 2.30 bits per heavy atom. The fourth-order valence-electron chi connectivity index (χ4n) is 2.32. The number of hydrogen-bond acceptors (Lipinski definition) is 6. The molecule has 0 saturated carbocycles. The predicted octanol–water partition coefficient (Wildman–Crippen LogP) is 2.62. The summed E-state index contributed by atoms with van der Waals surface area (Å²) in [6.07, 6.45) is 2.85. The van der Waals surface area contributed by atoms with Crippen molar-refractivity contribution < 1.29 is 18.8 Å². The molecule has 0 atom stereocenters. The lowest BCUT2D eigenvalue weighted by Crippen LogP contribution is -2.14. The van der Waals surface area contributed by atoms with Crippen molar-refractivity contribution in [2.24, 2.45) is 0 Å². The van der Waals surface area contributed by atoms with Gasteiger partial charge in [0.05, 0.1) is 30.5 Å². The second-order valence-electron chi connectivity index (χ2n) is 5.33. The van der Waals surface area contributed by atoms with Gasteiger partial charge in [-0.3, -0.25) is 24.7 Å². The van der Waals surface area contributed by atoms with Gasteiger partial charge in [-0.25, -0.2) is 4.39 Å². The molecule has 0 fully saturated rings. The van der Waals surface area contributed by atoms with Gasteiger partial charge in [0.2, 0.25) is 5.69 Å². The SMILES string of the molecule is COc1n[nH]c(C(=O)Nc2cnn(Cc3ccc(F)cc3Cl)c2)c1[N+](=O)[O-]. The number of rotatable bonds is 6. The van der Waals surface area contributed by atoms with Crippen LogP contribution in [0.15, 0.2) is 30.6 Å². The van der Waals surface area contributed by atoms with E-state index in [1.165, 1.54) is 42.4 Å². The van der Waals surface area contributed by atoms with E-state index in [-0.39, 0.29) is 23.1 Å². The number of anilines is 1. The monoisotopic (exact) mass is 394 g/mol. The Kier molecular flexibility index (Phi) is 5.03. The third-order valence-corrected chi connectivity index (χ3v) is 3.90. The van der Waals surface area contributed by atoms with Crippen molar-refractivity contribution in [3.8, 4) is 5.88 Å². The summed E-state index contributed by atoms with van der Waals surface area (Å²) in [4.78, 5) is 22.6. The van der Waals surface area contributed by atoms with E-state index in [1.807, 2.05) is 0 Å². The van der Waals surface area contributed by atoms with Gasteiger partial charge in [-0.05, 0) is 17.7 Å². The normalized spacial score (nSPS) is 10.6. The number of ether oxygens (including phenoxy) is 1. The summed E-state index contributed by atoms with van der Waals surface area (Å²) < 4.78 is 19.3. The van der Waals surface area contributed by atoms with Gasteiger partial charge in [-0.2, -0.15) is 5.10 Å². The van der Waals surface area contributed by atoms with Crippen LogP contribution in [0.1, 0.15) is 16.1 Å². The average Bonchev–Trinajstić information content (AvgIpc) is 3.23. The lowest BCUT2D eigenvalue weighted by Gasteiger charge is -2.04. The Bertz CT molecular complexity index is 1020. The van der Waals surface area contributed by atoms with Crippen LogP contribution in [0.3, 0.4) is 0 Å². The van der Waals surface area contributed by atoms with E-state index in [4.69, 9.17) is 16.3 Å². The van der Waals surface area contributed by atoms with Crippen LogP contribution in [-0.2, 0) is 6.54 Å². The minimum absolute atomic E-state index is 0.243. The Hall–Kier alpha value is -3.47. The molecule has 3 rings (SSSR count).